The van der Waals surface area contributed by atoms with Crippen LogP contribution in [0.2, 0.25) is 0 Å². The second kappa shape index (κ2) is 6.70. The first-order chi connectivity index (χ1) is 6.95. The van der Waals surface area contributed by atoms with Gasteiger partial charge in [-0.1, -0.05) is 6.58 Å². The fourth-order valence-electron chi connectivity index (χ4n) is 0.629. The third-order valence-corrected chi connectivity index (χ3v) is 3.07. The van der Waals surface area contributed by atoms with Gasteiger partial charge in [0, 0.05) is 19.8 Å². The Hall–Kier alpha value is -0.733. The Balaban J connectivity index is 3.71. The molecule has 0 aromatic carbocycles. The average molecular weight is 236 g/mol. The lowest BCUT2D eigenvalue weighted by Gasteiger charge is -2.18. The van der Waals surface area contributed by atoms with Crippen LogP contribution in [0.3, 0.4) is 0 Å². The van der Waals surface area contributed by atoms with Gasteiger partial charge in [0.1, 0.15) is 6.61 Å². The molecule has 0 aliphatic rings. The predicted octanol–water partition coefficient (Wildman–Crippen LogP) is -0.157. The SMILES string of the molecule is C=C(C)C(=O)OCCO[Si](O)(OC)OC. The summed E-state index contributed by atoms with van der Waals surface area (Å²) >= 11 is 0. The highest BCUT2D eigenvalue weighted by atomic mass is 28.4. The van der Waals surface area contributed by atoms with Crippen LogP contribution in [0.4, 0.5) is 0 Å². The molecule has 0 bridgehead atoms. The van der Waals surface area contributed by atoms with E-state index in [1.807, 2.05) is 0 Å². The average Bonchev–Trinajstić information content (AvgIpc) is 2.23. The minimum Gasteiger partial charge on any atom is -0.460 e. The first-order valence-electron chi connectivity index (χ1n) is 4.24. The van der Waals surface area contributed by atoms with Gasteiger partial charge in [-0.05, 0) is 6.92 Å². The Morgan fingerprint density at radius 3 is 2.27 bits per heavy atom. The number of rotatable bonds is 7. The van der Waals surface area contributed by atoms with E-state index in [4.69, 9.17) is 9.16 Å². The minimum atomic E-state index is -3.51. The highest BCUT2D eigenvalue weighted by Gasteiger charge is 2.38. The molecule has 0 aliphatic carbocycles. The van der Waals surface area contributed by atoms with E-state index >= 15 is 0 Å². The first-order valence-corrected chi connectivity index (χ1v) is 5.91. The molecule has 6 nitrogen and oxygen atoms in total. The van der Waals surface area contributed by atoms with Gasteiger partial charge in [0.2, 0.25) is 0 Å². The maximum absolute atomic E-state index is 10.9. The monoisotopic (exact) mass is 236 g/mol. The van der Waals surface area contributed by atoms with E-state index in [1.54, 1.807) is 6.92 Å². The molecule has 0 aromatic heterocycles. The largest absolute Gasteiger partial charge is 0.676 e. The van der Waals surface area contributed by atoms with Crippen LogP contribution in [0.1, 0.15) is 6.92 Å². The van der Waals surface area contributed by atoms with E-state index in [0.29, 0.717) is 5.57 Å². The topological polar surface area (TPSA) is 74.2 Å². The molecule has 0 aliphatic heterocycles. The van der Waals surface area contributed by atoms with Gasteiger partial charge >= 0.3 is 15.0 Å². The molecule has 0 atom stereocenters. The predicted molar refractivity (Wildman–Crippen MR) is 53.7 cm³/mol. The molecule has 0 rings (SSSR count). The summed E-state index contributed by atoms with van der Waals surface area (Å²) < 4.78 is 18.9. The Labute approximate surface area is 89.9 Å². The van der Waals surface area contributed by atoms with Gasteiger partial charge in [-0.15, -0.1) is 0 Å². The molecule has 0 saturated carbocycles. The van der Waals surface area contributed by atoms with Crippen molar-refractivity contribution in [2.24, 2.45) is 0 Å². The van der Waals surface area contributed by atoms with Gasteiger partial charge < -0.3 is 22.8 Å². The van der Waals surface area contributed by atoms with E-state index in [1.165, 1.54) is 14.2 Å². The highest BCUT2D eigenvalue weighted by molar-refractivity contribution is 6.51. The van der Waals surface area contributed by atoms with Crippen LogP contribution in [0, 0.1) is 0 Å². The van der Waals surface area contributed by atoms with Crippen molar-refractivity contribution >= 4 is 15.0 Å². The van der Waals surface area contributed by atoms with Gasteiger partial charge in [0.25, 0.3) is 0 Å². The summed E-state index contributed by atoms with van der Waals surface area (Å²) in [6.45, 7) is 4.96. The zero-order valence-corrected chi connectivity index (χ0v) is 10.1. The van der Waals surface area contributed by atoms with Gasteiger partial charge in [-0.2, -0.15) is 0 Å². The van der Waals surface area contributed by atoms with Crippen LogP contribution in [-0.4, -0.2) is 47.2 Å². The summed E-state index contributed by atoms with van der Waals surface area (Å²) in [5.74, 6) is -0.501. The molecule has 0 radical (unpaired) electrons. The van der Waals surface area contributed by atoms with Crippen LogP contribution in [0.5, 0.6) is 0 Å². The normalized spacial score (nSPS) is 11.2. The molecule has 1 N–H and O–H groups in total. The Morgan fingerprint density at radius 2 is 1.87 bits per heavy atom. The fraction of sp³-hybridized carbons (Fsp3) is 0.625. The Morgan fingerprint density at radius 1 is 1.33 bits per heavy atom. The number of hydrogen-bond donors (Lipinski definition) is 1. The van der Waals surface area contributed by atoms with E-state index in [0.717, 1.165) is 0 Å². The van der Waals surface area contributed by atoms with Crippen LogP contribution in [0.25, 0.3) is 0 Å². The van der Waals surface area contributed by atoms with Gasteiger partial charge in [-0.25, -0.2) is 4.79 Å². The Kier molecular flexibility index (Phi) is 6.37. The highest BCUT2D eigenvalue weighted by Crippen LogP contribution is 2.01. The third-order valence-electron chi connectivity index (χ3n) is 1.47. The van der Waals surface area contributed by atoms with Crippen molar-refractivity contribution in [1.29, 1.82) is 0 Å². The molecular weight excluding hydrogens is 220 g/mol. The lowest BCUT2D eigenvalue weighted by Crippen LogP contribution is -2.44. The summed E-state index contributed by atoms with van der Waals surface area (Å²) in [5, 5.41) is 0. The van der Waals surface area contributed by atoms with Gasteiger partial charge in [-0.3, -0.25) is 0 Å². The molecule has 88 valence electrons. The molecule has 15 heavy (non-hydrogen) atoms. The molecule has 0 fully saturated rings. The van der Waals surface area contributed by atoms with Crippen LogP contribution < -0.4 is 0 Å². The molecule has 0 spiro atoms. The maximum Gasteiger partial charge on any atom is 0.676 e. The van der Waals surface area contributed by atoms with Crippen molar-refractivity contribution in [1.82, 2.24) is 0 Å². The van der Waals surface area contributed by atoms with E-state index in [2.05, 4.69) is 15.4 Å². The summed E-state index contributed by atoms with van der Waals surface area (Å²) in [4.78, 5) is 20.3. The number of hydrogen-bond acceptors (Lipinski definition) is 6. The minimum absolute atomic E-state index is 0.00340. The van der Waals surface area contributed by atoms with Crippen LogP contribution >= 0.6 is 0 Å². The van der Waals surface area contributed by atoms with Crippen molar-refractivity contribution in [3.63, 3.8) is 0 Å². The van der Waals surface area contributed by atoms with Gasteiger partial charge in [0.15, 0.2) is 0 Å². The number of carbonyl (C=O) groups excluding carboxylic acids is 1. The lowest BCUT2D eigenvalue weighted by molar-refractivity contribution is -0.140. The zero-order valence-electron chi connectivity index (χ0n) is 9.11. The third kappa shape index (κ3) is 5.65. The second-order valence-corrected chi connectivity index (χ2v) is 4.85. The van der Waals surface area contributed by atoms with Crippen molar-refractivity contribution in [2.75, 3.05) is 27.4 Å². The fourth-order valence-corrected chi connectivity index (χ4v) is 1.37. The van der Waals surface area contributed by atoms with Crippen molar-refractivity contribution in [2.45, 2.75) is 6.92 Å². The molecule has 7 heteroatoms. The quantitative estimate of drug-likeness (QED) is 0.287. The summed E-state index contributed by atoms with van der Waals surface area (Å²) in [6, 6.07) is 0. The maximum atomic E-state index is 10.9. The molecule has 0 aromatic rings. The van der Waals surface area contributed by atoms with Crippen LogP contribution in [0.15, 0.2) is 12.2 Å². The first kappa shape index (κ1) is 14.3. The van der Waals surface area contributed by atoms with Crippen molar-refractivity contribution in [3.8, 4) is 0 Å². The summed E-state index contributed by atoms with van der Waals surface area (Å²) in [7, 11) is -0.963. The standard InChI is InChI=1S/C8H16O6Si/c1-7(2)8(9)13-5-6-14-15(10,11-3)12-4/h10H,1,5-6H2,2-4H3. The van der Waals surface area contributed by atoms with E-state index in [9.17, 15) is 9.59 Å². The van der Waals surface area contributed by atoms with E-state index in [-0.39, 0.29) is 13.2 Å². The summed E-state index contributed by atoms with van der Waals surface area (Å²) in [6.07, 6.45) is 0. The summed E-state index contributed by atoms with van der Waals surface area (Å²) in [5.41, 5.74) is 0.306. The second-order valence-electron chi connectivity index (χ2n) is 2.70. The van der Waals surface area contributed by atoms with Crippen molar-refractivity contribution < 1.29 is 27.6 Å². The van der Waals surface area contributed by atoms with Crippen molar-refractivity contribution in [3.05, 3.63) is 12.2 Å². The smallest absolute Gasteiger partial charge is 0.460 e. The number of esters is 1. The van der Waals surface area contributed by atoms with E-state index < -0.39 is 15.0 Å². The van der Waals surface area contributed by atoms with Gasteiger partial charge in [0.05, 0.1) is 6.61 Å². The molecular formula is C8H16O6Si. The Bertz CT molecular complexity index is 225. The number of carbonyl (C=O) groups is 1. The molecule has 0 heterocycles. The molecule has 0 amide bonds. The van der Waals surface area contributed by atoms with Crippen LogP contribution in [-0.2, 0) is 22.8 Å². The molecule has 0 unspecified atom stereocenters. The zero-order chi connectivity index (χ0) is 11.9. The number of ether oxygens (including phenoxy) is 1. The molecule has 0 saturated heterocycles. The lowest BCUT2D eigenvalue weighted by atomic mass is 10.4.